The molecule has 2 aromatic rings. The molecular formula is C25H31ClN4O3. The molecule has 0 spiro atoms. The number of hydrogen-bond donors (Lipinski definition) is 1. The molecule has 8 heteroatoms. The third kappa shape index (κ3) is 5.60. The first-order chi connectivity index (χ1) is 15.9. The topological polar surface area (TPSA) is 65.1 Å². The van der Waals surface area contributed by atoms with Crippen molar-refractivity contribution in [2.75, 3.05) is 55.6 Å². The summed E-state index contributed by atoms with van der Waals surface area (Å²) in [7, 11) is 0. The Bertz CT molecular complexity index is 1010. The number of carbonyl (C=O) groups excluding carboxylic acids is 2. The quantitative estimate of drug-likeness (QED) is 0.673. The van der Waals surface area contributed by atoms with Crippen molar-refractivity contribution in [1.29, 1.82) is 0 Å². The largest absolute Gasteiger partial charge is 0.478 e. The minimum absolute atomic E-state index is 0.00229. The highest BCUT2D eigenvalue weighted by atomic mass is 35.5. The Morgan fingerprint density at radius 3 is 2.67 bits per heavy atom. The number of halogens is 1. The van der Waals surface area contributed by atoms with Gasteiger partial charge in [0.1, 0.15) is 12.3 Å². The Hall–Kier alpha value is -2.77. The van der Waals surface area contributed by atoms with Crippen LogP contribution in [0.25, 0.3) is 0 Å². The van der Waals surface area contributed by atoms with Crippen LogP contribution in [0.2, 0.25) is 5.02 Å². The number of rotatable bonds is 7. The second-order valence-electron chi connectivity index (χ2n) is 8.57. The summed E-state index contributed by atoms with van der Waals surface area (Å²) in [4.78, 5) is 31.8. The number of hydrogen-bond acceptors (Lipinski definition) is 5. The van der Waals surface area contributed by atoms with E-state index in [1.165, 1.54) is 0 Å². The maximum Gasteiger partial charge on any atom is 0.268 e. The number of piperazine rings is 1. The third-order valence-corrected chi connectivity index (χ3v) is 6.42. The molecule has 2 heterocycles. The van der Waals surface area contributed by atoms with Crippen LogP contribution in [0.4, 0.5) is 11.4 Å². The molecule has 4 rings (SSSR count). The van der Waals surface area contributed by atoms with Gasteiger partial charge in [-0.2, -0.15) is 0 Å². The van der Waals surface area contributed by atoms with Crippen LogP contribution >= 0.6 is 11.6 Å². The molecule has 2 amide bonds. The Morgan fingerprint density at radius 2 is 1.94 bits per heavy atom. The summed E-state index contributed by atoms with van der Waals surface area (Å²) in [5.74, 6) is 0.324. The van der Waals surface area contributed by atoms with Gasteiger partial charge < -0.3 is 15.0 Å². The fraction of sp³-hybridized carbons (Fsp3) is 0.440. The van der Waals surface area contributed by atoms with E-state index in [9.17, 15) is 9.59 Å². The maximum atomic E-state index is 12.9. The van der Waals surface area contributed by atoms with Crippen molar-refractivity contribution in [3.63, 3.8) is 0 Å². The van der Waals surface area contributed by atoms with Gasteiger partial charge in [0.15, 0.2) is 6.10 Å². The monoisotopic (exact) mass is 470 g/mol. The van der Waals surface area contributed by atoms with Crippen molar-refractivity contribution >= 4 is 34.8 Å². The van der Waals surface area contributed by atoms with Gasteiger partial charge in [0.2, 0.25) is 5.91 Å². The van der Waals surface area contributed by atoms with Crippen molar-refractivity contribution < 1.29 is 14.3 Å². The summed E-state index contributed by atoms with van der Waals surface area (Å²) in [5.41, 5.74) is 2.82. The van der Waals surface area contributed by atoms with Gasteiger partial charge in [0, 0.05) is 50.0 Å². The average Bonchev–Trinajstić information content (AvgIpc) is 2.81. The summed E-state index contributed by atoms with van der Waals surface area (Å²) in [6.07, 6.45) is 0.00891. The lowest BCUT2D eigenvalue weighted by Gasteiger charge is -2.36. The first kappa shape index (κ1) is 23.4. The van der Waals surface area contributed by atoms with Gasteiger partial charge in [0.25, 0.3) is 5.91 Å². The molecule has 1 saturated heterocycles. The number of ether oxygens (including phenoxy) is 1. The van der Waals surface area contributed by atoms with Crippen molar-refractivity contribution in [1.82, 2.24) is 10.2 Å². The van der Waals surface area contributed by atoms with E-state index in [0.717, 1.165) is 49.0 Å². The lowest BCUT2D eigenvalue weighted by Crippen LogP contribution is -2.51. The molecule has 7 nitrogen and oxygen atoms in total. The molecule has 0 aromatic heterocycles. The average molecular weight is 471 g/mol. The molecule has 1 unspecified atom stereocenters. The Balaban J connectivity index is 1.26. The van der Waals surface area contributed by atoms with Crippen molar-refractivity contribution in [3.8, 4) is 5.75 Å². The fourth-order valence-corrected chi connectivity index (χ4v) is 4.50. The van der Waals surface area contributed by atoms with E-state index in [-0.39, 0.29) is 18.4 Å². The maximum absolute atomic E-state index is 12.9. The SMILES string of the molecule is CCC1Oc2ccc(C)cc2N(CC(=O)NCCN2CCN(c3cccc(Cl)c3)CC2)C1=O. The zero-order valence-corrected chi connectivity index (χ0v) is 20.0. The predicted octanol–water partition coefficient (Wildman–Crippen LogP) is 3.09. The standard InChI is InChI=1S/C25H31ClN4O3/c1-3-22-25(32)30(21-15-18(2)7-8-23(21)33-22)17-24(31)27-9-10-28-11-13-29(14-12-28)20-6-4-5-19(26)16-20/h4-8,15-16,22H,3,9-14,17H2,1-2H3,(H,27,31). The highest BCUT2D eigenvalue weighted by Gasteiger charge is 2.34. The molecule has 1 N–H and O–H groups in total. The Morgan fingerprint density at radius 1 is 1.15 bits per heavy atom. The van der Waals surface area contributed by atoms with E-state index in [4.69, 9.17) is 16.3 Å². The molecule has 33 heavy (non-hydrogen) atoms. The fourth-order valence-electron chi connectivity index (χ4n) is 4.31. The van der Waals surface area contributed by atoms with Crippen LogP contribution in [0, 0.1) is 6.92 Å². The number of nitrogens with one attached hydrogen (secondary N) is 1. The van der Waals surface area contributed by atoms with Crippen molar-refractivity contribution in [2.45, 2.75) is 26.4 Å². The number of carbonyl (C=O) groups is 2. The number of fused-ring (bicyclic) bond motifs is 1. The van der Waals surface area contributed by atoms with Gasteiger partial charge in [-0.05, 0) is 49.2 Å². The van der Waals surface area contributed by atoms with Crippen molar-refractivity contribution in [3.05, 3.63) is 53.1 Å². The molecule has 2 aliphatic rings. The van der Waals surface area contributed by atoms with E-state index in [1.807, 2.05) is 50.2 Å². The normalized spacial score (nSPS) is 18.6. The Kier molecular flexibility index (Phi) is 7.40. The smallest absolute Gasteiger partial charge is 0.268 e. The Labute approximate surface area is 200 Å². The first-order valence-electron chi connectivity index (χ1n) is 11.5. The number of anilines is 2. The number of aryl methyl sites for hydroxylation is 1. The van der Waals surface area contributed by atoms with Gasteiger partial charge in [-0.1, -0.05) is 30.7 Å². The number of amides is 2. The third-order valence-electron chi connectivity index (χ3n) is 6.18. The molecule has 176 valence electrons. The van der Waals surface area contributed by atoms with Crippen LogP contribution in [-0.4, -0.2) is 68.6 Å². The molecule has 1 fully saturated rings. The zero-order chi connectivity index (χ0) is 23.4. The molecule has 2 aromatic carbocycles. The molecule has 0 saturated carbocycles. The van der Waals surface area contributed by atoms with Gasteiger partial charge in [-0.3, -0.25) is 19.4 Å². The first-order valence-corrected chi connectivity index (χ1v) is 11.9. The van der Waals surface area contributed by atoms with Gasteiger partial charge in [-0.25, -0.2) is 0 Å². The molecule has 0 aliphatic carbocycles. The van der Waals surface area contributed by atoms with Gasteiger partial charge in [0.05, 0.1) is 5.69 Å². The van der Waals surface area contributed by atoms with E-state index in [0.29, 0.717) is 24.4 Å². The summed E-state index contributed by atoms with van der Waals surface area (Å²) in [6, 6.07) is 13.6. The van der Waals surface area contributed by atoms with Crippen molar-refractivity contribution in [2.24, 2.45) is 0 Å². The van der Waals surface area contributed by atoms with E-state index >= 15 is 0 Å². The summed E-state index contributed by atoms with van der Waals surface area (Å²) in [5, 5.41) is 3.73. The highest BCUT2D eigenvalue weighted by molar-refractivity contribution is 6.30. The molecule has 0 bridgehead atoms. The van der Waals surface area contributed by atoms with Crippen LogP contribution < -0.4 is 19.9 Å². The minimum Gasteiger partial charge on any atom is -0.478 e. The van der Waals surface area contributed by atoms with Crippen LogP contribution in [-0.2, 0) is 9.59 Å². The summed E-state index contributed by atoms with van der Waals surface area (Å²) < 4.78 is 5.83. The van der Waals surface area contributed by atoms with Crippen LogP contribution in [0.5, 0.6) is 5.75 Å². The minimum atomic E-state index is -0.552. The lowest BCUT2D eigenvalue weighted by atomic mass is 10.1. The second-order valence-corrected chi connectivity index (χ2v) is 9.01. The van der Waals surface area contributed by atoms with Crippen LogP contribution in [0.1, 0.15) is 18.9 Å². The summed E-state index contributed by atoms with van der Waals surface area (Å²) in [6.45, 7) is 8.89. The predicted molar refractivity (Wildman–Crippen MR) is 131 cm³/mol. The second kappa shape index (κ2) is 10.4. The molecular weight excluding hydrogens is 440 g/mol. The zero-order valence-electron chi connectivity index (χ0n) is 19.2. The summed E-state index contributed by atoms with van der Waals surface area (Å²) >= 11 is 6.11. The highest BCUT2D eigenvalue weighted by Crippen LogP contribution is 2.35. The van der Waals surface area contributed by atoms with E-state index in [1.54, 1.807) is 4.90 Å². The number of nitrogens with zero attached hydrogens (tertiary/aromatic N) is 3. The number of benzene rings is 2. The lowest BCUT2D eigenvalue weighted by molar-refractivity contribution is -0.129. The molecule has 1 atom stereocenters. The van der Waals surface area contributed by atoms with E-state index < -0.39 is 6.10 Å². The van der Waals surface area contributed by atoms with E-state index in [2.05, 4.69) is 21.2 Å². The van der Waals surface area contributed by atoms with Gasteiger partial charge >= 0.3 is 0 Å². The van der Waals surface area contributed by atoms with Crippen LogP contribution in [0.15, 0.2) is 42.5 Å². The van der Waals surface area contributed by atoms with Gasteiger partial charge in [-0.15, -0.1) is 0 Å². The van der Waals surface area contributed by atoms with Crippen LogP contribution in [0.3, 0.4) is 0 Å². The molecule has 2 aliphatic heterocycles. The molecule has 0 radical (unpaired) electrons.